The molecule has 3 aromatic rings. The first kappa shape index (κ1) is 21.6. The summed E-state index contributed by atoms with van der Waals surface area (Å²) in [6.45, 7) is 5.42. The molecule has 156 valence electrons. The predicted octanol–water partition coefficient (Wildman–Crippen LogP) is 4.67. The third kappa shape index (κ3) is 4.71. The standard InChI is InChI=1S/C24H25NO4S/c1-4-20-12-14-21(15-13-20)25(30(27,28)22-8-6-5-7-9-22)24(26)17-29-23-16-18(2)10-11-19(23)3/h5-16H,4,17H2,1-3H3. The van der Waals surface area contributed by atoms with E-state index in [0.717, 1.165) is 27.4 Å². The van der Waals surface area contributed by atoms with Gasteiger partial charge in [-0.05, 0) is 67.3 Å². The average Bonchev–Trinajstić information content (AvgIpc) is 2.75. The number of anilines is 1. The molecule has 0 unspecified atom stereocenters. The Hall–Kier alpha value is -3.12. The summed E-state index contributed by atoms with van der Waals surface area (Å²) in [7, 11) is -4.09. The van der Waals surface area contributed by atoms with E-state index < -0.39 is 22.5 Å². The Morgan fingerprint density at radius 1 is 0.933 bits per heavy atom. The van der Waals surface area contributed by atoms with E-state index in [1.165, 1.54) is 12.1 Å². The highest BCUT2D eigenvalue weighted by Crippen LogP contribution is 2.25. The van der Waals surface area contributed by atoms with Crippen LogP contribution in [0.25, 0.3) is 0 Å². The fraction of sp³-hybridized carbons (Fsp3) is 0.208. The van der Waals surface area contributed by atoms with Crippen LogP contribution in [0.3, 0.4) is 0 Å². The lowest BCUT2D eigenvalue weighted by molar-refractivity contribution is -0.119. The van der Waals surface area contributed by atoms with Crippen LogP contribution in [0.1, 0.15) is 23.6 Å². The molecule has 0 atom stereocenters. The molecule has 0 saturated heterocycles. The van der Waals surface area contributed by atoms with Crippen molar-refractivity contribution in [2.45, 2.75) is 32.1 Å². The Labute approximate surface area is 178 Å². The van der Waals surface area contributed by atoms with Crippen LogP contribution in [0.4, 0.5) is 5.69 Å². The third-order valence-corrected chi connectivity index (χ3v) is 6.54. The van der Waals surface area contributed by atoms with E-state index >= 15 is 0 Å². The first-order valence-corrected chi connectivity index (χ1v) is 11.2. The van der Waals surface area contributed by atoms with Crippen LogP contribution in [-0.2, 0) is 21.2 Å². The number of carbonyl (C=O) groups excluding carboxylic acids is 1. The van der Waals surface area contributed by atoms with E-state index in [4.69, 9.17) is 4.74 Å². The minimum atomic E-state index is -4.09. The molecule has 3 rings (SSSR count). The summed E-state index contributed by atoms with van der Waals surface area (Å²) >= 11 is 0. The second kappa shape index (κ2) is 9.13. The molecule has 3 aromatic carbocycles. The van der Waals surface area contributed by atoms with E-state index in [1.54, 1.807) is 30.3 Å². The number of ether oxygens (including phenoxy) is 1. The number of carbonyl (C=O) groups is 1. The van der Waals surface area contributed by atoms with Gasteiger partial charge >= 0.3 is 0 Å². The SMILES string of the molecule is CCc1ccc(N(C(=O)COc2cc(C)ccc2C)S(=O)(=O)c2ccccc2)cc1. The van der Waals surface area contributed by atoms with E-state index in [-0.39, 0.29) is 10.6 Å². The molecule has 0 N–H and O–H groups in total. The first-order valence-electron chi connectivity index (χ1n) is 9.75. The van der Waals surface area contributed by atoms with Crippen molar-refractivity contribution in [1.82, 2.24) is 0 Å². The number of benzene rings is 3. The van der Waals surface area contributed by atoms with Gasteiger partial charge in [-0.3, -0.25) is 4.79 Å². The summed E-state index contributed by atoms with van der Waals surface area (Å²) in [5.74, 6) is -0.106. The highest BCUT2D eigenvalue weighted by molar-refractivity contribution is 7.93. The smallest absolute Gasteiger partial charge is 0.278 e. The molecule has 0 radical (unpaired) electrons. The minimum absolute atomic E-state index is 0.0460. The van der Waals surface area contributed by atoms with Gasteiger partial charge in [0, 0.05) is 0 Å². The van der Waals surface area contributed by atoms with E-state index in [9.17, 15) is 13.2 Å². The third-order valence-electron chi connectivity index (χ3n) is 4.78. The molecule has 30 heavy (non-hydrogen) atoms. The van der Waals surface area contributed by atoms with Gasteiger partial charge in [0.1, 0.15) is 5.75 Å². The van der Waals surface area contributed by atoms with Gasteiger partial charge in [-0.15, -0.1) is 0 Å². The van der Waals surface area contributed by atoms with Crippen molar-refractivity contribution < 1.29 is 17.9 Å². The zero-order valence-electron chi connectivity index (χ0n) is 17.3. The monoisotopic (exact) mass is 423 g/mol. The lowest BCUT2D eigenvalue weighted by atomic mass is 10.1. The maximum absolute atomic E-state index is 13.3. The Morgan fingerprint density at radius 3 is 2.23 bits per heavy atom. The Morgan fingerprint density at radius 2 is 1.60 bits per heavy atom. The number of nitrogens with zero attached hydrogens (tertiary/aromatic N) is 1. The predicted molar refractivity (Wildman–Crippen MR) is 118 cm³/mol. The van der Waals surface area contributed by atoms with E-state index in [2.05, 4.69) is 0 Å². The van der Waals surface area contributed by atoms with Gasteiger partial charge in [-0.1, -0.05) is 49.4 Å². The summed E-state index contributed by atoms with van der Waals surface area (Å²) in [5, 5.41) is 0. The largest absolute Gasteiger partial charge is 0.483 e. The topological polar surface area (TPSA) is 63.7 Å². The lowest BCUT2D eigenvalue weighted by Crippen LogP contribution is -2.40. The molecular formula is C24H25NO4S. The van der Waals surface area contributed by atoms with Crippen LogP contribution in [-0.4, -0.2) is 20.9 Å². The first-order chi connectivity index (χ1) is 14.3. The molecule has 0 aromatic heterocycles. The van der Waals surface area contributed by atoms with Crippen LogP contribution in [0.15, 0.2) is 77.7 Å². The molecule has 0 heterocycles. The summed E-state index contributed by atoms with van der Waals surface area (Å²) in [5.41, 5.74) is 3.20. The van der Waals surface area contributed by atoms with Crippen molar-refractivity contribution in [3.63, 3.8) is 0 Å². The molecule has 0 fully saturated rings. The quantitative estimate of drug-likeness (QED) is 0.554. The summed E-state index contributed by atoms with van der Waals surface area (Å²) in [4.78, 5) is 13.2. The van der Waals surface area contributed by atoms with Gasteiger partial charge in [0.05, 0.1) is 10.6 Å². The zero-order chi connectivity index (χ0) is 21.7. The van der Waals surface area contributed by atoms with E-state index in [1.807, 2.05) is 51.1 Å². The molecule has 0 aliphatic heterocycles. The highest BCUT2D eigenvalue weighted by atomic mass is 32.2. The Bertz CT molecular complexity index is 1120. The van der Waals surface area contributed by atoms with Crippen LogP contribution in [0.5, 0.6) is 5.75 Å². The van der Waals surface area contributed by atoms with Crippen molar-refractivity contribution in [2.75, 3.05) is 10.9 Å². The molecular weight excluding hydrogens is 398 g/mol. The summed E-state index contributed by atoms with van der Waals surface area (Å²) < 4.78 is 33.1. The fourth-order valence-corrected chi connectivity index (χ4v) is 4.47. The van der Waals surface area contributed by atoms with Gasteiger partial charge in [-0.2, -0.15) is 4.31 Å². The molecule has 0 aliphatic rings. The number of rotatable bonds is 7. The van der Waals surface area contributed by atoms with Crippen LogP contribution in [0.2, 0.25) is 0 Å². The summed E-state index contributed by atoms with van der Waals surface area (Å²) in [6, 6.07) is 20.5. The van der Waals surface area contributed by atoms with Crippen molar-refractivity contribution >= 4 is 21.6 Å². The van der Waals surface area contributed by atoms with Gasteiger partial charge in [0.2, 0.25) is 0 Å². The van der Waals surface area contributed by atoms with Gasteiger partial charge < -0.3 is 4.74 Å². The zero-order valence-corrected chi connectivity index (χ0v) is 18.1. The molecule has 0 spiro atoms. The maximum Gasteiger partial charge on any atom is 0.278 e. The van der Waals surface area contributed by atoms with Crippen molar-refractivity contribution in [3.8, 4) is 5.75 Å². The maximum atomic E-state index is 13.3. The minimum Gasteiger partial charge on any atom is -0.483 e. The van der Waals surface area contributed by atoms with Crippen molar-refractivity contribution in [1.29, 1.82) is 0 Å². The Balaban J connectivity index is 1.96. The molecule has 5 nitrogen and oxygen atoms in total. The van der Waals surface area contributed by atoms with Crippen LogP contribution < -0.4 is 9.04 Å². The average molecular weight is 424 g/mol. The molecule has 6 heteroatoms. The number of hydrogen-bond acceptors (Lipinski definition) is 4. The molecule has 1 amide bonds. The fourth-order valence-electron chi connectivity index (χ4n) is 3.04. The normalized spacial score (nSPS) is 11.2. The lowest BCUT2D eigenvalue weighted by Gasteiger charge is -2.23. The van der Waals surface area contributed by atoms with E-state index in [0.29, 0.717) is 5.75 Å². The van der Waals surface area contributed by atoms with Crippen molar-refractivity contribution in [2.24, 2.45) is 0 Å². The Kier molecular flexibility index (Phi) is 6.57. The van der Waals surface area contributed by atoms with Gasteiger partial charge in [0.15, 0.2) is 6.61 Å². The second-order valence-corrected chi connectivity index (χ2v) is 8.84. The molecule has 0 saturated carbocycles. The summed E-state index contributed by atoms with van der Waals surface area (Å²) in [6.07, 6.45) is 0.815. The number of aryl methyl sites for hydroxylation is 3. The molecule has 0 bridgehead atoms. The second-order valence-electron chi connectivity index (χ2n) is 7.05. The molecule has 0 aliphatic carbocycles. The van der Waals surface area contributed by atoms with Crippen LogP contribution >= 0.6 is 0 Å². The van der Waals surface area contributed by atoms with Gasteiger partial charge in [0.25, 0.3) is 15.9 Å². The number of amides is 1. The number of hydrogen-bond donors (Lipinski definition) is 0. The van der Waals surface area contributed by atoms with Crippen molar-refractivity contribution in [3.05, 3.63) is 89.5 Å². The number of sulfonamides is 1. The van der Waals surface area contributed by atoms with Gasteiger partial charge in [-0.25, -0.2) is 8.42 Å². The highest BCUT2D eigenvalue weighted by Gasteiger charge is 2.31. The van der Waals surface area contributed by atoms with Crippen LogP contribution in [0, 0.1) is 13.8 Å².